The van der Waals surface area contributed by atoms with Crippen LogP contribution in [0.1, 0.15) is 25.2 Å². The van der Waals surface area contributed by atoms with E-state index in [1.165, 1.54) is 0 Å². The number of benzene rings is 1. The molecular weight excluding hydrogens is 290 g/mol. The van der Waals surface area contributed by atoms with E-state index in [2.05, 4.69) is 21.7 Å². The van der Waals surface area contributed by atoms with Crippen molar-refractivity contribution in [2.24, 2.45) is 4.99 Å². The van der Waals surface area contributed by atoms with Gasteiger partial charge in [-0.2, -0.15) is 0 Å². The average molecular weight is 315 g/mol. The van der Waals surface area contributed by atoms with E-state index in [9.17, 15) is 0 Å². The lowest BCUT2D eigenvalue weighted by atomic mass is 10.2. The minimum Gasteiger partial charge on any atom is -0.491 e. The average Bonchev–Trinajstić information content (AvgIpc) is 3.03. The van der Waals surface area contributed by atoms with Crippen LogP contribution in [0.2, 0.25) is 0 Å². The molecule has 2 N–H and O–H groups in total. The van der Waals surface area contributed by atoms with Gasteiger partial charge in [0.1, 0.15) is 11.5 Å². The maximum atomic E-state index is 5.71. The molecule has 23 heavy (non-hydrogen) atoms. The first-order chi connectivity index (χ1) is 11.2. The van der Waals surface area contributed by atoms with Crippen LogP contribution in [0.4, 0.5) is 0 Å². The quantitative estimate of drug-likeness (QED) is 0.609. The first-order valence-electron chi connectivity index (χ1n) is 7.90. The highest BCUT2D eigenvalue weighted by Crippen LogP contribution is 2.14. The highest BCUT2D eigenvalue weighted by molar-refractivity contribution is 5.79. The van der Waals surface area contributed by atoms with Crippen LogP contribution in [0.5, 0.6) is 5.75 Å². The molecule has 0 unspecified atom stereocenters. The maximum absolute atomic E-state index is 5.71. The molecule has 0 saturated carbocycles. The van der Waals surface area contributed by atoms with Gasteiger partial charge in [0.25, 0.3) is 0 Å². The van der Waals surface area contributed by atoms with Gasteiger partial charge in [-0.3, -0.25) is 4.99 Å². The molecule has 124 valence electrons. The van der Waals surface area contributed by atoms with Crippen LogP contribution in [0, 0.1) is 0 Å². The van der Waals surface area contributed by atoms with Crippen molar-refractivity contribution in [3.05, 3.63) is 54.0 Å². The molecule has 0 amide bonds. The zero-order valence-electron chi connectivity index (χ0n) is 14.0. The van der Waals surface area contributed by atoms with Crippen molar-refractivity contribution >= 4 is 5.96 Å². The zero-order valence-corrected chi connectivity index (χ0v) is 14.0. The summed E-state index contributed by atoms with van der Waals surface area (Å²) in [5.74, 6) is 2.62. The Labute approximate surface area is 137 Å². The number of aliphatic imine (C=N–C) groups is 1. The second-order valence-electron chi connectivity index (χ2n) is 5.50. The lowest BCUT2D eigenvalue weighted by Crippen LogP contribution is -2.37. The SMILES string of the molecule is CN=C(NCCc1ccco1)NCc1cccc(OC(C)C)c1. The molecule has 5 nitrogen and oxygen atoms in total. The lowest BCUT2D eigenvalue weighted by molar-refractivity contribution is 0.242. The van der Waals surface area contributed by atoms with Crippen LogP contribution in [-0.2, 0) is 13.0 Å². The van der Waals surface area contributed by atoms with Crippen LogP contribution >= 0.6 is 0 Å². The summed E-state index contributed by atoms with van der Waals surface area (Å²) in [4.78, 5) is 4.23. The van der Waals surface area contributed by atoms with Crippen molar-refractivity contribution in [2.75, 3.05) is 13.6 Å². The number of hydrogen-bond acceptors (Lipinski definition) is 3. The van der Waals surface area contributed by atoms with E-state index < -0.39 is 0 Å². The Morgan fingerprint density at radius 3 is 2.78 bits per heavy atom. The Kier molecular flexibility index (Phi) is 6.54. The molecule has 1 heterocycles. The molecule has 2 rings (SSSR count). The van der Waals surface area contributed by atoms with Gasteiger partial charge in [-0.05, 0) is 43.7 Å². The molecule has 0 atom stereocenters. The molecule has 0 saturated heterocycles. The molecule has 1 aromatic heterocycles. The fourth-order valence-electron chi connectivity index (χ4n) is 2.17. The van der Waals surface area contributed by atoms with Crippen molar-refractivity contribution in [3.63, 3.8) is 0 Å². The highest BCUT2D eigenvalue weighted by Gasteiger charge is 2.02. The van der Waals surface area contributed by atoms with Crippen LogP contribution in [0.3, 0.4) is 0 Å². The first-order valence-corrected chi connectivity index (χ1v) is 7.90. The lowest BCUT2D eigenvalue weighted by Gasteiger charge is -2.13. The third-order valence-electron chi connectivity index (χ3n) is 3.20. The number of nitrogens with one attached hydrogen (secondary N) is 2. The van der Waals surface area contributed by atoms with E-state index in [0.29, 0.717) is 6.54 Å². The van der Waals surface area contributed by atoms with Gasteiger partial charge in [0.2, 0.25) is 0 Å². The number of ether oxygens (including phenoxy) is 1. The summed E-state index contributed by atoms with van der Waals surface area (Å²) in [6.45, 7) is 5.50. The second kappa shape index (κ2) is 8.88. The maximum Gasteiger partial charge on any atom is 0.191 e. The zero-order chi connectivity index (χ0) is 16.5. The summed E-state index contributed by atoms with van der Waals surface area (Å²) in [6.07, 6.45) is 2.69. The minimum absolute atomic E-state index is 0.175. The molecule has 0 fully saturated rings. The van der Waals surface area contributed by atoms with Gasteiger partial charge >= 0.3 is 0 Å². The van der Waals surface area contributed by atoms with E-state index in [4.69, 9.17) is 9.15 Å². The Morgan fingerprint density at radius 1 is 1.22 bits per heavy atom. The van der Waals surface area contributed by atoms with Crippen molar-refractivity contribution in [3.8, 4) is 5.75 Å². The number of nitrogens with zero attached hydrogens (tertiary/aromatic N) is 1. The summed E-state index contributed by atoms with van der Waals surface area (Å²) < 4.78 is 11.0. The fraction of sp³-hybridized carbons (Fsp3) is 0.389. The molecule has 2 aromatic rings. The molecule has 0 aliphatic carbocycles. The minimum atomic E-state index is 0.175. The number of hydrogen-bond donors (Lipinski definition) is 2. The van der Waals surface area contributed by atoms with Gasteiger partial charge < -0.3 is 19.8 Å². The Balaban J connectivity index is 1.78. The van der Waals surface area contributed by atoms with E-state index in [1.54, 1.807) is 13.3 Å². The van der Waals surface area contributed by atoms with Crippen molar-refractivity contribution < 1.29 is 9.15 Å². The molecule has 0 aliphatic rings. The first kappa shape index (κ1) is 16.9. The summed E-state index contributed by atoms with van der Waals surface area (Å²) >= 11 is 0. The van der Waals surface area contributed by atoms with Crippen LogP contribution in [-0.4, -0.2) is 25.7 Å². The number of rotatable bonds is 7. The topological polar surface area (TPSA) is 58.8 Å². The van der Waals surface area contributed by atoms with Gasteiger partial charge in [-0.15, -0.1) is 0 Å². The van der Waals surface area contributed by atoms with E-state index in [-0.39, 0.29) is 6.10 Å². The number of guanidine groups is 1. The molecule has 0 radical (unpaired) electrons. The Morgan fingerprint density at radius 2 is 2.09 bits per heavy atom. The normalized spacial score (nSPS) is 11.6. The van der Waals surface area contributed by atoms with E-state index >= 15 is 0 Å². The largest absolute Gasteiger partial charge is 0.491 e. The van der Waals surface area contributed by atoms with Gasteiger partial charge in [-0.25, -0.2) is 0 Å². The molecule has 0 aliphatic heterocycles. The van der Waals surface area contributed by atoms with Crippen molar-refractivity contribution in [2.45, 2.75) is 32.9 Å². The third-order valence-corrected chi connectivity index (χ3v) is 3.20. The van der Waals surface area contributed by atoms with Crippen LogP contribution in [0.15, 0.2) is 52.1 Å². The highest BCUT2D eigenvalue weighted by atomic mass is 16.5. The summed E-state index contributed by atoms with van der Waals surface area (Å²) in [5.41, 5.74) is 1.15. The van der Waals surface area contributed by atoms with Crippen LogP contribution < -0.4 is 15.4 Å². The monoisotopic (exact) mass is 315 g/mol. The van der Waals surface area contributed by atoms with Gasteiger partial charge in [0.15, 0.2) is 5.96 Å². The summed E-state index contributed by atoms with van der Waals surface area (Å²) in [6, 6.07) is 12.0. The van der Waals surface area contributed by atoms with Gasteiger partial charge in [-0.1, -0.05) is 12.1 Å². The van der Waals surface area contributed by atoms with Gasteiger partial charge in [0.05, 0.1) is 12.4 Å². The number of furan rings is 1. The smallest absolute Gasteiger partial charge is 0.191 e. The molecule has 5 heteroatoms. The van der Waals surface area contributed by atoms with Gasteiger partial charge in [0, 0.05) is 26.6 Å². The van der Waals surface area contributed by atoms with Crippen molar-refractivity contribution in [1.29, 1.82) is 0 Å². The molecule has 1 aromatic carbocycles. The molecule has 0 bridgehead atoms. The Hall–Kier alpha value is -2.43. The predicted octanol–water partition coefficient (Wildman–Crippen LogP) is 2.97. The summed E-state index contributed by atoms with van der Waals surface area (Å²) in [5, 5.41) is 6.57. The standard InChI is InChI=1S/C18H25N3O2/c1-14(2)23-17-7-4-6-15(12-17)13-21-18(19-3)20-10-9-16-8-5-11-22-16/h4-8,11-12,14H,9-10,13H2,1-3H3,(H2,19,20,21). The second-order valence-corrected chi connectivity index (χ2v) is 5.50. The van der Waals surface area contributed by atoms with E-state index in [0.717, 1.165) is 36.0 Å². The fourth-order valence-corrected chi connectivity index (χ4v) is 2.17. The van der Waals surface area contributed by atoms with Crippen molar-refractivity contribution in [1.82, 2.24) is 10.6 Å². The van der Waals surface area contributed by atoms with E-state index in [1.807, 2.05) is 44.2 Å². The Bertz CT molecular complexity index is 606. The summed E-state index contributed by atoms with van der Waals surface area (Å²) in [7, 11) is 1.76. The van der Waals surface area contributed by atoms with Crippen LogP contribution in [0.25, 0.3) is 0 Å². The molecular formula is C18H25N3O2. The third kappa shape index (κ3) is 6.06. The molecule has 0 spiro atoms. The predicted molar refractivity (Wildman–Crippen MR) is 92.8 cm³/mol.